The minimum absolute atomic E-state index is 0.298. The van der Waals surface area contributed by atoms with Crippen molar-refractivity contribution < 1.29 is 14.3 Å². The summed E-state index contributed by atoms with van der Waals surface area (Å²) in [5.41, 5.74) is 2.27. The Balaban J connectivity index is 1.44. The first kappa shape index (κ1) is 18.5. The third kappa shape index (κ3) is 4.47. The normalized spacial score (nSPS) is 22.4. The molecule has 2 heterocycles. The summed E-state index contributed by atoms with van der Waals surface area (Å²) in [5.74, 6) is 5.85. The number of carbonyl (C=O) groups excluding carboxylic acids is 2. The van der Waals surface area contributed by atoms with Crippen LogP contribution in [0.2, 0.25) is 0 Å². The molecule has 2 unspecified atom stereocenters. The number of hydrazine groups is 1. The molecule has 0 spiro atoms. The van der Waals surface area contributed by atoms with Gasteiger partial charge in [-0.3, -0.25) is 9.59 Å². The summed E-state index contributed by atoms with van der Waals surface area (Å²) in [6, 6.07) is 7.91. The molecule has 3 N–H and O–H groups in total. The lowest BCUT2D eigenvalue weighted by Crippen LogP contribution is -2.37. The summed E-state index contributed by atoms with van der Waals surface area (Å²) < 4.78 is 5.79. The van der Waals surface area contributed by atoms with Crippen LogP contribution in [0.4, 0.5) is 4.79 Å². The monoisotopic (exact) mass is 373 g/mol. The highest BCUT2D eigenvalue weighted by molar-refractivity contribution is 8.15. The van der Waals surface area contributed by atoms with Gasteiger partial charge in [0.15, 0.2) is 0 Å². The van der Waals surface area contributed by atoms with Crippen LogP contribution in [0.15, 0.2) is 48.2 Å². The van der Waals surface area contributed by atoms with E-state index < -0.39 is 10.5 Å². The van der Waals surface area contributed by atoms with Crippen molar-refractivity contribution in [3.05, 3.63) is 53.8 Å². The lowest BCUT2D eigenvalue weighted by atomic mass is 10.1. The zero-order valence-corrected chi connectivity index (χ0v) is 15.5. The fourth-order valence-electron chi connectivity index (χ4n) is 2.80. The summed E-state index contributed by atoms with van der Waals surface area (Å²) in [5, 5.41) is 3.22. The standard InChI is InChI=1S/C19H23N3O3S/c1-2-13-3-6-15(21-12-13)9-10-25-16-7-4-14(5-8-16)11-17-18(23)22(20)19(24)26-17/h3-8,12,15,17,21H,2,9-11,20H2,1H3. The summed E-state index contributed by atoms with van der Waals surface area (Å²) >= 11 is 0.975. The second-order valence-corrected chi connectivity index (χ2v) is 7.42. The molecule has 1 saturated heterocycles. The molecule has 1 fully saturated rings. The van der Waals surface area contributed by atoms with Crippen LogP contribution in [-0.2, 0) is 11.2 Å². The molecule has 138 valence electrons. The average Bonchev–Trinajstić information content (AvgIpc) is 2.90. The van der Waals surface area contributed by atoms with Gasteiger partial charge < -0.3 is 10.1 Å². The second kappa shape index (κ2) is 8.42. The molecule has 1 aromatic rings. The number of nitrogens with two attached hydrogens (primary N) is 1. The van der Waals surface area contributed by atoms with Gasteiger partial charge in [-0.25, -0.2) is 10.9 Å². The summed E-state index contributed by atoms with van der Waals surface area (Å²) in [4.78, 5) is 23.3. The number of amides is 2. The molecule has 0 radical (unpaired) electrons. The molecule has 6 nitrogen and oxygen atoms in total. The van der Waals surface area contributed by atoms with Gasteiger partial charge in [0.2, 0.25) is 0 Å². The minimum Gasteiger partial charge on any atom is -0.494 e. The summed E-state index contributed by atoms with van der Waals surface area (Å²) in [7, 11) is 0. The van der Waals surface area contributed by atoms with Gasteiger partial charge in [-0.15, -0.1) is 0 Å². The maximum absolute atomic E-state index is 11.8. The SMILES string of the molecule is CCC1=CNC(CCOc2ccc(CC3SC(=O)N(N)C3=O)cc2)C=C1. The summed E-state index contributed by atoms with van der Waals surface area (Å²) in [6.07, 6.45) is 8.78. The topological polar surface area (TPSA) is 84.7 Å². The van der Waals surface area contributed by atoms with Crippen LogP contribution in [0, 0.1) is 0 Å². The molecule has 1 aromatic carbocycles. The molecule has 2 atom stereocenters. The van der Waals surface area contributed by atoms with Crippen molar-refractivity contribution in [2.45, 2.75) is 37.5 Å². The van der Waals surface area contributed by atoms with Crippen LogP contribution < -0.4 is 15.9 Å². The highest BCUT2D eigenvalue weighted by Crippen LogP contribution is 2.27. The highest BCUT2D eigenvalue weighted by Gasteiger charge is 2.37. The first-order valence-electron chi connectivity index (χ1n) is 8.71. The Kier molecular flexibility index (Phi) is 6.00. The van der Waals surface area contributed by atoms with Crippen LogP contribution in [0.3, 0.4) is 0 Å². The van der Waals surface area contributed by atoms with Gasteiger partial charge in [0.25, 0.3) is 5.91 Å². The van der Waals surface area contributed by atoms with Gasteiger partial charge in [-0.1, -0.05) is 31.2 Å². The van der Waals surface area contributed by atoms with Crippen LogP contribution in [0.1, 0.15) is 25.3 Å². The molecular weight excluding hydrogens is 350 g/mol. The number of nitrogens with zero attached hydrogens (tertiary/aromatic N) is 1. The van der Waals surface area contributed by atoms with E-state index in [1.54, 1.807) is 0 Å². The summed E-state index contributed by atoms with van der Waals surface area (Å²) in [6.45, 7) is 2.75. The number of rotatable bonds is 7. The Morgan fingerprint density at radius 3 is 2.62 bits per heavy atom. The van der Waals surface area contributed by atoms with Crippen molar-refractivity contribution in [1.29, 1.82) is 0 Å². The van der Waals surface area contributed by atoms with Crippen molar-refractivity contribution in [2.75, 3.05) is 6.61 Å². The average molecular weight is 373 g/mol. The smallest absolute Gasteiger partial charge is 0.303 e. The van der Waals surface area contributed by atoms with E-state index in [0.717, 1.165) is 35.9 Å². The van der Waals surface area contributed by atoms with Crippen molar-refractivity contribution in [2.24, 2.45) is 5.84 Å². The van der Waals surface area contributed by atoms with Gasteiger partial charge in [0.1, 0.15) is 5.75 Å². The number of dihydropyridines is 1. The van der Waals surface area contributed by atoms with Crippen LogP contribution in [0.5, 0.6) is 5.75 Å². The Labute approximate surface area is 157 Å². The molecule has 0 aliphatic carbocycles. The quantitative estimate of drug-likeness (QED) is 0.565. The van der Waals surface area contributed by atoms with E-state index in [1.165, 1.54) is 5.57 Å². The van der Waals surface area contributed by atoms with Gasteiger partial charge in [0, 0.05) is 18.7 Å². The number of hydrogen-bond donors (Lipinski definition) is 2. The van der Waals surface area contributed by atoms with E-state index in [9.17, 15) is 9.59 Å². The fraction of sp³-hybridized carbons (Fsp3) is 0.368. The maximum atomic E-state index is 11.8. The van der Waals surface area contributed by atoms with E-state index in [2.05, 4.69) is 30.6 Å². The van der Waals surface area contributed by atoms with Crippen molar-refractivity contribution in [3.8, 4) is 5.75 Å². The highest BCUT2D eigenvalue weighted by atomic mass is 32.2. The Hall–Kier alpha value is -2.25. The van der Waals surface area contributed by atoms with Crippen LogP contribution in [0.25, 0.3) is 0 Å². The van der Waals surface area contributed by atoms with Crippen molar-refractivity contribution in [3.63, 3.8) is 0 Å². The van der Waals surface area contributed by atoms with Crippen LogP contribution in [-0.4, -0.2) is 34.1 Å². The predicted molar refractivity (Wildman–Crippen MR) is 103 cm³/mol. The molecule has 0 saturated carbocycles. The van der Waals surface area contributed by atoms with E-state index in [1.807, 2.05) is 24.3 Å². The number of thioether (sulfide) groups is 1. The van der Waals surface area contributed by atoms with E-state index in [-0.39, 0.29) is 5.91 Å². The zero-order valence-electron chi connectivity index (χ0n) is 14.7. The molecule has 0 aromatic heterocycles. The molecule has 3 rings (SSSR count). The molecular formula is C19H23N3O3S. The first-order chi connectivity index (χ1) is 12.6. The number of carbonyl (C=O) groups is 2. The van der Waals surface area contributed by atoms with Gasteiger partial charge >= 0.3 is 5.24 Å². The van der Waals surface area contributed by atoms with Crippen LogP contribution >= 0.6 is 11.8 Å². The Bertz CT molecular complexity index is 730. The maximum Gasteiger partial charge on any atom is 0.303 e. The van der Waals surface area contributed by atoms with Crippen molar-refractivity contribution >= 4 is 22.9 Å². The van der Waals surface area contributed by atoms with Gasteiger partial charge in [-0.05, 0) is 47.9 Å². The molecule has 26 heavy (non-hydrogen) atoms. The molecule has 7 heteroatoms. The molecule has 2 amide bonds. The first-order valence-corrected chi connectivity index (χ1v) is 9.59. The van der Waals surface area contributed by atoms with E-state index in [4.69, 9.17) is 10.6 Å². The second-order valence-electron chi connectivity index (χ2n) is 6.27. The Morgan fingerprint density at radius 2 is 2.04 bits per heavy atom. The number of benzene rings is 1. The largest absolute Gasteiger partial charge is 0.494 e. The lowest BCUT2D eigenvalue weighted by molar-refractivity contribution is -0.126. The minimum atomic E-state index is -0.440. The Morgan fingerprint density at radius 1 is 1.27 bits per heavy atom. The zero-order chi connectivity index (χ0) is 18.5. The van der Waals surface area contributed by atoms with Gasteiger partial charge in [-0.2, -0.15) is 0 Å². The fourth-order valence-corrected chi connectivity index (χ4v) is 3.74. The van der Waals surface area contributed by atoms with Crippen molar-refractivity contribution in [1.82, 2.24) is 10.3 Å². The molecule has 2 aliphatic heterocycles. The third-order valence-electron chi connectivity index (χ3n) is 4.43. The number of ether oxygens (including phenoxy) is 1. The van der Waals surface area contributed by atoms with E-state index >= 15 is 0 Å². The number of imide groups is 1. The molecule has 0 bridgehead atoms. The van der Waals surface area contributed by atoms with E-state index in [0.29, 0.717) is 24.1 Å². The molecule has 2 aliphatic rings. The number of allylic oxidation sites excluding steroid dienone is 2. The number of nitrogens with one attached hydrogen (secondary N) is 1. The predicted octanol–water partition coefficient (Wildman–Crippen LogP) is 2.76. The van der Waals surface area contributed by atoms with Gasteiger partial charge in [0.05, 0.1) is 11.9 Å². The number of hydrogen-bond acceptors (Lipinski definition) is 6. The third-order valence-corrected chi connectivity index (χ3v) is 5.48. The lowest BCUT2D eigenvalue weighted by Gasteiger charge is -2.18.